The molecular formula is C17H23NO3. The summed E-state index contributed by atoms with van der Waals surface area (Å²) in [5.41, 5.74) is 3.32. The highest BCUT2D eigenvalue weighted by Crippen LogP contribution is 2.34. The molecule has 114 valence electrons. The van der Waals surface area contributed by atoms with Gasteiger partial charge in [0.15, 0.2) is 0 Å². The van der Waals surface area contributed by atoms with E-state index in [1.54, 1.807) is 7.11 Å². The van der Waals surface area contributed by atoms with Gasteiger partial charge in [0.05, 0.1) is 12.6 Å². The second-order valence-corrected chi connectivity index (χ2v) is 6.16. The molecule has 2 atom stereocenters. The summed E-state index contributed by atoms with van der Waals surface area (Å²) in [6.07, 6.45) is 4.57. The van der Waals surface area contributed by atoms with Gasteiger partial charge in [0.25, 0.3) is 0 Å². The zero-order valence-corrected chi connectivity index (χ0v) is 12.5. The van der Waals surface area contributed by atoms with Gasteiger partial charge in [0, 0.05) is 13.0 Å². The number of nitrogens with one attached hydrogen (secondary N) is 1. The molecule has 1 fully saturated rings. The fourth-order valence-electron chi connectivity index (χ4n) is 3.06. The molecule has 1 amide bonds. The monoisotopic (exact) mass is 289 g/mol. The number of aliphatic hydroxyl groups is 1. The van der Waals surface area contributed by atoms with Crippen LogP contribution in [0.4, 0.5) is 0 Å². The van der Waals surface area contributed by atoms with Gasteiger partial charge in [-0.05, 0) is 48.8 Å². The highest BCUT2D eigenvalue weighted by molar-refractivity contribution is 5.81. The van der Waals surface area contributed by atoms with Gasteiger partial charge in [0.1, 0.15) is 6.10 Å². The van der Waals surface area contributed by atoms with Gasteiger partial charge >= 0.3 is 0 Å². The van der Waals surface area contributed by atoms with Crippen molar-refractivity contribution in [3.63, 3.8) is 0 Å². The molecule has 2 aliphatic rings. The van der Waals surface area contributed by atoms with Crippen LogP contribution in [0, 0.1) is 5.92 Å². The molecule has 0 spiro atoms. The Balaban J connectivity index is 1.80. The molecule has 2 unspecified atom stereocenters. The molecule has 0 radical (unpaired) electrons. The number of fused-ring (bicyclic) bond motifs is 1. The first-order chi connectivity index (χ1) is 10.2. The lowest BCUT2D eigenvalue weighted by Crippen LogP contribution is -2.32. The highest BCUT2D eigenvalue weighted by atomic mass is 16.5. The third-order valence-corrected chi connectivity index (χ3v) is 4.46. The lowest BCUT2D eigenvalue weighted by Gasteiger charge is -2.27. The number of rotatable bonds is 5. The fourth-order valence-corrected chi connectivity index (χ4v) is 3.06. The summed E-state index contributed by atoms with van der Waals surface area (Å²) in [5, 5.41) is 13.3. The van der Waals surface area contributed by atoms with Gasteiger partial charge in [-0.15, -0.1) is 0 Å². The van der Waals surface area contributed by atoms with Crippen LogP contribution in [-0.2, 0) is 16.0 Å². The molecule has 1 saturated carbocycles. The Bertz CT molecular complexity index is 525. The Kier molecular flexibility index (Phi) is 4.27. The number of amides is 1. The number of hydrogen-bond donors (Lipinski definition) is 2. The van der Waals surface area contributed by atoms with Crippen LogP contribution in [0.5, 0.6) is 0 Å². The molecule has 0 bridgehead atoms. The lowest BCUT2D eigenvalue weighted by atomic mass is 9.85. The third kappa shape index (κ3) is 3.27. The minimum atomic E-state index is -0.609. The Morgan fingerprint density at radius 2 is 2.24 bits per heavy atom. The van der Waals surface area contributed by atoms with Crippen molar-refractivity contribution in [3.05, 3.63) is 34.9 Å². The van der Waals surface area contributed by atoms with E-state index in [0.717, 1.165) is 37.7 Å². The predicted molar refractivity (Wildman–Crippen MR) is 79.8 cm³/mol. The summed E-state index contributed by atoms with van der Waals surface area (Å²) in [5.74, 6) is 0.424. The number of hydrogen-bond acceptors (Lipinski definition) is 3. The second-order valence-electron chi connectivity index (χ2n) is 6.16. The Morgan fingerprint density at radius 3 is 2.95 bits per heavy atom. The van der Waals surface area contributed by atoms with Crippen molar-refractivity contribution in [2.75, 3.05) is 13.7 Å². The normalized spacial score (nSPS) is 22.5. The molecule has 0 heterocycles. The quantitative estimate of drug-likeness (QED) is 0.874. The average molecular weight is 289 g/mol. The van der Waals surface area contributed by atoms with E-state index in [0.29, 0.717) is 0 Å². The van der Waals surface area contributed by atoms with Crippen LogP contribution in [0.25, 0.3) is 0 Å². The number of methoxy groups -OCH3 is 1. The van der Waals surface area contributed by atoms with Gasteiger partial charge in [-0.25, -0.2) is 0 Å². The lowest BCUT2D eigenvalue weighted by molar-refractivity contribution is -0.123. The minimum Gasteiger partial charge on any atom is -0.386 e. The third-order valence-electron chi connectivity index (χ3n) is 4.46. The standard InChI is InChI=1S/C17H23NO3/c1-21-10-16(19)13-8-5-11-3-2-4-15(14(11)9-13)18-17(20)12-6-7-12/h5,8-9,12,15-16,19H,2-4,6-7,10H2,1H3,(H,18,20). The predicted octanol–water partition coefficient (Wildman–Crippen LogP) is 2.27. The Hall–Kier alpha value is -1.39. The summed E-state index contributed by atoms with van der Waals surface area (Å²) in [6.45, 7) is 0.290. The van der Waals surface area contributed by atoms with Crippen LogP contribution in [0.3, 0.4) is 0 Å². The van der Waals surface area contributed by atoms with Crippen molar-refractivity contribution >= 4 is 5.91 Å². The molecule has 4 heteroatoms. The van der Waals surface area contributed by atoms with Crippen LogP contribution >= 0.6 is 0 Å². The fraction of sp³-hybridized carbons (Fsp3) is 0.588. The maximum Gasteiger partial charge on any atom is 0.223 e. The van der Waals surface area contributed by atoms with Crippen molar-refractivity contribution in [2.24, 2.45) is 5.92 Å². The Morgan fingerprint density at radius 1 is 1.43 bits per heavy atom. The summed E-state index contributed by atoms with van der Waals surface area (Å²) >= 11 is 0. The average Bonchev–Trinajstić information content (AvgIpc) is 3.32. The number of ether oxygens (including phenoxy) is 1. The maximum atomic E-state index is 12.0. The molecule has 4 nitrogen and oxygen atoms in total. The molecule has 0 aliphatic heterocycles. The van der Waals surface area contributed by atoms with E-state index < -0.39 is 6.10 Å². The van der Waals surface area contributed by atoms with E-state index in [4.69, 9.17) is 4.74 Å². The van der Waals surface area contributed by atoms with Crippen LogP contribution in [0.15, 0.2) is 18.2 Å². The SMILES string of the molecule is COCC(O)c1ccc2c(c1)C(NC(=O)C1CC1)CCC2. The van der Waals surface area contributed by atoms with Crippen LogP contribution < -0.4 is 5.32 Å². The van der Waals surface area contributed by atoms with E-state index in [1.165, 1.54) is 11.1 Å². The van der Waals surface area contributed by atoms with Gasteiger partial charge in [-0.1, -0.05) is 18.2 Å². The van der Waals surface area contributed by atoms with Crippen molar-refractivity contribution in [1.29, 1.82) is 0 Å². The molecule has 0 aromatic heterocycles. The van der Waals surface area contributed by atoms with Gasteiger partial charge in [-0.3, -0.25) is 4.79 Å². The second kappa shape index (κ2) is 6.16. The molecule has 21 heavy (non-hydrogen) atoms. The first-order valence-corrected chi connectivity index (χ1v) is 7.79. The summed E-state index contributed by atoms with van der Waals surface area (Å²) < 4.78 is 5.01. The largest absolute Gasteiger partial charge is 0.386 e. The number of aryl methyl sites for hydroxylation is 1. The molecule has 1 aromatic carbocycles. The van der Waals surface area contributed by atoms with Crippen LogP contribution in [-0.4, -0.2) is 24.7 Å². The van der Waals surface area contributed by atoms with Gasteiger partial charge in [0.2, 0.25) is 5.91 Å². The van der Waals surface area contributed by atoms with Gasteiger partial charge in [-0.2, -0.15) is 0 Å². The first kappa shape index (κ1) is 14.5. The van der Waals surface area contributed by atoms with Crippen LogP contribution in [0.2, 0.25) is 0 Å². The smallest absolute Gasteiger partial charge is 0.223 e. The molecule has 1 aromatic rings. The zero-order valence-electron chi connectivity index (χ0n) is 12.5. The summed E-state index contributed by atoms with van der Waals surface area (Å²) in [6, 6.07) is 6.18. The van der Waals surface area contributed by atoms with Crippen molar-refractivity contribution < 1.29 is 14.6 Å². The first-order valence-electron chi connectivity index (χ1n) is 7.79. The van der Waals surface area contributed by atoms with Crippen LogP contribution in [0.1, 0.15) is 54.5 Å². The van der Waals surface area contributed by atoms with Gasteiger partial charge < -0.3 is 15.2 Å². The molecular weight excluding hydrogens is 266 g/mol. The van der Waals surface area contributed by atoms with E-state index >= 15 is 0 Å². The molecule has 2 aliphatic carbocycles. The highest BCUT2D eigenvalue weighted by Gasteiger charge is 2.32. The van der Waals surface area contributed by atoms with E-state index in [9.17, 15) is 9.90 Å². The number of carbonyl (C=O) groups excluding carboxylic acids is 1. The topological polar surface area (TPSA) is 58.6 Å². The summed E-state index contributed by atoms with van der Waals surface area (Å²) in [4.78, 5) is 12.0. The molecule has 0 saturated heterocycles. The number of carbonyl (C=O) groups is 1. The number of aliphatic hydroxyl groups excluding tert-OH is 1. The van der Waals surface area contributed by atoms with E-state index in [1.807, 2.05) is 12.1 Å². The number of benzene rings is 1. The van der Waals surface area contributed by atoms with E-state index in [2.05, 4.69) is 11.4 Å². The summed E-state index contributed by atoms with van der Waals surface area (Å²) in [7, 11) is 1.58. The minimum absolute atomic E-state index is 0.0940. The molecule has 2 N–H and O–H groups in total. The maximum absolute atomic E-state index is 12.0. The van der Waals surface area contributed by atoms with Crippen molar-refractivity contribution in [2.45, 2.75) is 44.2 Å². The Labute approximate surface area is 125 Å². The van der Waals surface area contributed by atoms with E-state index in [-0.39, 0.29) is 24.5 Å². The molecule has 3 rings (SSSR count). The zero-order chi connectivity index (χ0) is 14.8. The van der Waals surface area contributed by atoms with Crippen molar-refractivity contribution in [3.8, 4) is 0 Å². The van der Waals surface area contributed by atoms with Crippen molar-refractivity contribution in [1.82, 2.24) is 5.32 Å².